The minimum absolute atomic E-state index is 0.245. The first kappa shape index (κ1) is 19.2. The van der Waals surface area contributed by atoms with E-state index in [2.05, 4.69) is 41.4 Å². The Morgan fingerprint density at radius 1 is 1.11 bits per heavy atom. The zero-order chi connectivity index (χ0) is 19.2. The number of ether oxygens (including phenoxy) is 1. The molecule has 0 saturated heterocycles. The topological polar surface area (TPSA) is 57.0 Å². The number of benzene rings is 2. The largest absolute Gasteiger partial charge is 0.465 e. The van der Waals surface area contributed by atoms with Gasteiger partial charge in [0.15, 0.2) is 5.16 Å². The maximum Gasteiger partial charge on any atom is 0.319 e. The Morgan fingerprint density at radius 2 is 1.81 bits per heavy atom. The predicted octanol–water partition coefficient (Wildman–Crippen LogP) is 4.21. The molecule has 0 aliphatic heterocycles. The van der Waals surface area contributed by atoms with E-state index in [9.17, 15) is 4.79 Å². The first-order chi connectivity index (χ1) is 13.1. The summed E-state index contributed by atoms with van der Waals surface area (Å²) in [6, 6.07) is 18.4. The zero-order valence-corrected chi connectivity index (χ0v) is 16.6. The van der Waals surface area contributed by atoms with Gasteiger partial charge in [-0.3, -0.25) is 9.36 Å². The fraction of sp³-hybridized carbons (Fsp3) is 0.286. The molecule has 0 bridgehead atoms. The Bertz CT molecular complexity index is 892. The van der Waals surface area contributed by atoms with Crippen LogP contribution >= 0.6 is 11.8 Å². The molecule has 1 heterocycles. The molecule has 0 aliphatic rings. The highest BCUT2D eigenvalue weighted by atomic mass is 32.2. The second-order valence-electron chi connectivity index (χ2n) is 6.24. The van der Waals surface area contributed by atoms with Gasteiger partial charge in [0.25, 0.3) is 0 Å². The quantitative estimate of drug-likeness (QED) is 0.453. The lowest BCUT2D eigenvalue weighted by Gasteiger charge is -2.13. The molecule has 3 aromatic rings. The number of esters is 1. The van der Waals surface area contributed by atoms with Crippen molar-refractivity contribution >= 4 is 17.7 Å². The molecule has 6 heteroatoms. The van der Waals surface area contributed by atoms with Crippen LogP contribution in [0.3, 0.4) is 0 Å². The Balaban J connectivity index is 1.95. The molecular formula is C21H23N3O2S. The summed E-state index contributed by atoms with van der Waals surface area (Å²) in [6.07, 6.45) is 0.663. The van der Waals surface area contributed by atoms with Crippen molar-refractivity contribution in [2.75, 3.05) is 6.61 Å². The lowest BCUT2D eigenvalue weighted by Crippen LogP contribution is -2.17. The summed E-state index contributed by atoms with van der Waals surface area (Å²) in [5.74, 6) is 0.592. The fourth-order valence-corrected chi connectivity index (χ4v) is 3.57. The molecule has 1 atom stereocenters. The van der Waals surface area contributed by atoms with Gasteiger partial charge in [0, 0.05) is 12.1 Å². The van der Waals surface area contributed by atoms with Crippen molar-refractivity contribution in [1.29, 1.82) is 0 Å². The Kier molecular flexibility index (Phi) is 6.29. The highest BCUT2D eigenvalue weighted by Gasteiger charge is 2.22. The van der Waals surface area contributed by atoms with E-state index in [-0.39, 0.29) is 11.2 Å². The summed E-state index contributed by atoms with van der Waals surface area (Å²) >= 11 is 1.36. The maximum atomic E-state index is 12.0. The molecule has 2 aromatic carbocycles. The van der Waals surface area contributed by atoms with Gasteiger partial charge in [-0.05, 0) is 38.5 Å². The van der Waals surface area contributed by atoms with Gasteiger partial charge in [0.05, 0.1) is 6.61 Å². The molecule has 1 aromatic heterocycles. The number of nitrogens with zero attached hydrogens (tertiary/aromatic N) is 3. The second kappa shape index (κ2) is 8.86. The fourth-order valence-electron chi connectivity index (χ4n) is 2.69. The molecule has 0 radical (unpaired) electrons. The standard InChI is InChI=1S/C21H23N3O2S/c1-4-26-20(25)16(3)27-21-23-22-19(14-17-8-6-5-7-9-17)24(21)18-12-10-15(2)11-13-18/h5-13,16H,4,14H2,1-3H3. The third-order valence-electron chi connectivity index (χ3n) is 4.10. The molecule has 0 amide bonds. The number of aromatic nitrogens is 3. The third kappa shape index (κ3) is 4.77. The first-order valence-corrected chi connectivity index (χ1v) is 9.85. The number of hydrogen-bond acceptors (Lipinski definition) is 5. The molecule has 0 N–H and O–H groups in total. The van der Waals surface area contributed by atoms with Gasteiger partial charge >= 0.3 is 5.97 Å². The van der Waals surface area contributed by atoms with Gasteiger partial charge in [-0.1, -0.05) is 59.8 Å². The number of aryl methyl sites for hydroxylation is 1. The molecule has 140 valence electrons. The van der Waals surface area contributed by atoms with Crippen LogP contribution in [0.15, 0.2) is 59.8 Å². The molecule has 0 fully saturated rings. The molecule has 27 heavy (non-hydrogen) atoms. The van der Waals surface area contributed by atoms with Crippen molar-refractivity contribution in [3.63, 3.8) is 0 Å². The van der Waals surface area contributed by atoms with Gasteiger partial charge in [-0.25, -0.2) is 0 Å². The lowest BCUT2D eigenvalue weighted by atomic mass is 10.1. The van der Waals surface area contributed by atoms with Crippen LogP contribution in [0.4, 0.5) is 0 Å². The van der Waals surface area contributed by atoms with Crippen molar-refractivity contribution in [1.82, 2.24) is 14.8 Å². The van der Waals surface area contributed by atoms with Crippen molar-refractivity contribution in [3.8, 4) is 5.69 Å². The monoisotopic (exact) mass is 381 g/mol. The molecule has 5 nitrogen and oxygen atoms in total. The van der Waals surface area contributed by atoms with E-state index >= 15 is 0 Å². The van der Waals surface area contributed by atoms with Gasteiger partial charge in [-0.15, -0.1) is 10.2 Å². The minimum Gasteiger partial charge on any atom is -0.465 e. The average Bonchev–Trinajstić information content (AvgIpc) is 3.05. The number of hydrogen-bond donors (Lipinski definition) is 0. The van der Waals surface area contributed by atoms with Crippen LogP contribution in [-0.4, -0.2) is 32.6 Å². The van der Waals surface area contributed by atoms with Crippen LogP contribution in [0.1, 0.15) is 30.8 Å². The molecule has 0 spiro atoms. The number of thioether (sulfide) groups is 1. The highest BCUT2D eigenvalue weighted by Crippen LogP contribution is 2.27. The van der Waals surface area contributed by atoms with Gasteiger partial charge < -0.3 is 4.74 Å². The minimum atomic E-state index is -0.358. The summed E-state index contributed by atoms with van der Waals surface area (Å²) in [7, 11) is 0. The summed E-state index contributed by atoms with van der Waals surface area (Å²) in [5, 5.41) is 9.10. The van der Waals surface area contributed by atoms with Crippen molar-refractivity contribution in [2.45, 2.75) is 37.6 Å². The van der Waals surface area contributed by atoms with E-state index in [0.29, 0.717) is 18.2 Å². The van der Waals surface area contributed by atoms with E-state index < -0.39 is 0 Å². The van der Waals surface area contributed by atoms with Crippen LogP contribution < -0.4 is 0 Å². The molecule has 0 saturated carbocycles. The number of carbonyl (C=O) groups excluding carboxylic acids is 1. The summed E-state index contributed by atoms with van der Waals surface area (Å²) in [4.78, 5) is 12.0. The van der Waals surface area contributed by atoms with Crippen LogP contribution in [0, 0.1) is 6.92 Å². The summed E-state index contributed by atoms with van der Waals surface area (Å²) in [5.41, 5.74) is 3.33. The van der Waals surface area contributed by atoms with Crippen molar-refractivity contribution < 1.29 is 9.53 Å². The van der Waals surface area contributed by atoms with E-state index in [1.165, 1.54) is 17.3 Å². The lowest BCUT2D eigenvalue weighted by molar-refractivity contribution is -0.142. The second-order valence-corrected chi connectivity index (χ2v) is 7.55. The zero-order valence-electron chi connectivity index (χ0n) is 15.8. The van der Waals surface area contributed by atoms with Crippen molar-refractivity contribution in [3.05, 3.63) is 71.5 Å². The van der Waals surface area contributed by atoms with E-state index in [1.807, 2.05) is 48.7 Å². The molecular weight excluding hydrogens is 358 g/mol. The van der Waals surface area contributed by atoms with Crippen LogP contribution in [0.2, 0.25) is 0 Å². The predicted molar refractivity (Wildman–Crippen MR) is 107 cm³/mol. The summed E-state index contributed by atoms with van der Waals surface area (Å²) < 4.78 is 7.14. The molecule has 3 rings (SSSR count). The summed E-state index contributed by atoms with van der Waals surface area (Å²) in [6.45, 7) is 6.06. The van der Waals surface area contributed by atoms with Crippen LogP contribution in [-0.2, 0) is 16.0 Å². The van der Waals surface area contributed by atoms with Crippen molar-refractivity contribution in [2.24, 2.45) is 0 Å². The smallest absolute Gasteiger partial charge is 0.319 e. The van der Waals surface area contributed by atoms with Gasteiger partial charge in [0.2, 0.25) is 0 Å². The number of rotatable bonds is 7. The highest BCUT2D eigenvalue weighted by molar-refractivity contribution is 8.00. The first-order valence-electron chi connectivity index (χ1n) is 8.97. The third-order valence-corrected chi connectivity index (χ3v) is 5.12. The number of carbonyl (C=O) groups is 1. The van der Waals surface area contributed by atoms with E-state index in [1.54, 1.807) is 0 Å². The average molecular weight is 382 g/mol. The molecule has 0 aliphatic carbocycles. The van der Waals surface area contributed by atoms with Crippen LogP contribution in [0.5, 0.6) is 0 Å². The maximum absolute atomic E-state index is 12.0. The van der Waals surface area contributed by atoms with Crippen LogP contribution in [0.25, 0.3) is 5.69 Å². The Morgan fingerprint density at radius 3 is 2.48 bits per heavy atom. The Labute approximate surface area is 163 Å². The van der Waals surface area contributed by atoms with E-state index in [4.69, 9.17) is 4.74 Å². The van der Waals surface area contributed by atoms with E-state index in [0.717, 1.165) is 17.1 Å². The SMILES string of the molecule is CCOC(=O)C(C)Sc1nnc(Cc2ccccc2)n1-c1ccc(C)cc1. The van der Waals surface area contributed by atoms with Gasteiger partial charge in [-0.2, -0.15) is 0 Å². The Hall–Kier alpha value is -2.60. The normalized spacial score (nSPS) is 12.0. The molecule has 1 unspecified atom stereocenters. The van der Waals surface area contributed by atoms with Gasteiger partial charge in [0.1, 0.15) is 11.1 Å².